The van der Waals surface area contributed by atoms with Gasteiger partial charge in [-0.05, 0) is 36.6 Å². The fourth-order valence-corrected chi connectivity index (χ4v) is 2.10. The summed E-state index contributed by atoms with van der Waals surface area (Å²) in [5.74, 6) is 1.48. The van der Waals surface area contributed by atoms with E-state index in [0.29, 0.717) is 12.5 Å². The zero-order chi connectivity index (χ0) is 14.5. The van der Waals surface area contributed by atoms with Gasteiger partial charge in [0.25, 0.3) is 0 Å². The minimum atomic E-state index is 0.441. The molecule has 0 spiro atoms. The first-order valence-corrected chi connectivity index (χ1v) is 7.28. The van der Waals surface area contributed by atoms with Crippen LogP contribution in [-0.2, 0) is 13.2 Å². The second kappa shape index (κ2) is 6.59. The van der Waals surface area contributed by atoms with Gasteiger partial charge < -0.3 is 14.8 Å². The van der Waals surface area contributed by atoms with Crippen LogP contribution in [0.5, 0.6) is 11.6 Å². The van der Waals surface area contributed by atoms with Crippen molar-refractivity contribution in [3.63, 3.8) is 0 Å². The summed E-state index contributed by atoms with van der Waals surface area (Å²) in [7, 11) is 1.61. The molecule has 0 amide bonds. The Kier molecular flexibility index (Phi) is 4.36. The van der Waals surface area contributed by atoms with E-state index >= 15 is 0 Å². The molecule has 1 saturated carbocycles. The molecule has 0 atom stereocenters. The molecule has 1 aliphatic rings. The zero-order valence-electron chi connectivity index (χ0n) is 12.2. The summed E-state index contributed by atoms with van der Waals surface area (Å²) in [5, 5.41) is 3.50. The molecule has 3 rings (SSSR count). The van der Waals surface area contributed by atoms with Crippen LogP contribution in [-0.4, -0.2) is 18.1 Å². The highest BCUT2D eigenvalue weighted by Crippen LogP contribution is 2.20. The highest BCUT2D eigenvalue weighted by molar-refractivity contribution is 5.29. The highest BCUT2D eigenvalue weighted by Gasteiger charge is 2.19. The summed E-state index contributed by atoms with van der Waals surface area (Å²) in [6.07, 6.45) is 2.61. The summed E-state index contributed by atoms with van der Waals surface area (Å²) in [4.78, 5) is 4.34. The Morgan fingerprint density at radius 3 is 2.86 bits per heavy atom. The second-order valence-corrected chi connectivity index (χ2v) is 5.26. The topological polar surface area (TPSA) is 43.4 Å². The lowest BCUT2D eigenvalue weighted by Crippen LogP contribution is -2.15. The molecule has 1 N–H and O–H groups in total. The molecular weight excluding hydrogens is 264 g/mol. The molecule has 4 heteroatoms. The van der Waals surface area contributed by atoms with Gasteiger partial charge in [0.1, 0.15) is 12.4 Å². The number of nitrogens with zero attached hydrogens (tertiary/aromatic N) is 1. The van der Waals surface area contributed by atoms with Crippen LogP contribution in [0.25, 0.3) is 0 Å². The van der Waals surface area contributed by atoms with E-state index < -0.39 is 0 Å². The van der Waals surface area contributed by atoms with Gasteiger partial charge in [0.15, 0.2) is 0 Å². The van der Waals surface area contributed by atoms with E-state index in [9.17, 15) is 0 Å². The lowest BCUT2D eigenvalue weighted by molar-refractivity contribution is 0.297. The molecule has 0 aliphatic heterocycles. The Morgan fingerprint density at radius 2 is 2.05 bits per heavy atom. The standard InChI is InChI=1S/C17H20N2O2/c1-20-17-7-3-5-15(19-17)12-21-16-6-2-4-13(10-16)11-18-14-8-9-14/h2-7,10,14,18H,8-9,11-12H2,1H3. The normalized spacial score (nSPS) is 14.0. The van der Waals surface area contributed by atoms with Crippen molar-refractivity contribution in [1.82, 2.24) is 10.3 Å². The molecule has 4 nitrogen and oxygen atoms in total. The molecule has 1 heterocycles. The maximum atomic E-state index is 5.81. The Hall–Kier alpha value is -2.07. The van der Waals surface area contributed by atoms with Crippen LogP contribution in [0.2, 0.25) is 0 Å². The number of hydrogen-bond donors (Lipinski definition) is 1. The molecule has 0 radical (unpaired) electrons. The molecule has 0 bridgehead atoms. The largest absolute Gasteiger partial charge is 0.487 e. The number of benzene rings is 1. The van der Waals surface area contributed by atoms with Crippen LogP contribution in [0.3, 0.4) is 0 Å². The van der Waals surface area contributed by atoms with Gasteiger partial charge in [0, 0.05) is 18.7 Å². The summed E-state index contributed by atoms with van der Waals surface area (Å²) < 4.78 is 10.9. The summed E-state index contributed by atoms with van der Waals surface area (Å²) in [5.41, 5.74) is 2.11. The number of pyridine rings is 1. The molecule has 0 unspecified atom stereocenters. The smallest absolute Gasteiger partial charge is 0.213 e. The van der Waals surface area contributed by atoms with Crippen LogP contribution < -0.4 is 14.8 Å². The number of hydrogen-bond acceptors (Lipinski definition) is 4. The van der Waals surface area contributed by atoms with Crippen LogP contribution in [0.15, 0.2) is 42.5 Å². The van der Waals surface area contributed by atoms with Gasteiger partial charge >= 0.3 is 0 Å². The van der Waals surface area contributed by atoms with Crippen molar-refractivity contribution in [3.05, 3.63) is 53.7 Å². The highest BCUT2D eigenvalue weighted by atomic mass is 16.5. The fraction of sp³-hybridized carbons (Fsp3) is 0.353. The van der Waals surface area contributed by atoms with Gasteiger partial charge in [-0.2, -0.15) is 0 Å². The van der Waals surface area contributed by atoms with E-state index in [1.807, 2.05) is 30.3 Å². The van der Waals surface area contributed by atoms with E-state index in [1.54, 1.807) is 7.11 Å². The number of methoxy groups -OCH3 is 1. The zero-order valence-corrected chi connectivity index (χ0v) is 12.2. The quantitative estimate of drug-likeness (QED) is 0.849. The van der Waals surface area contributed by atoms with Crippen molar-refractivity contribution in [2.24, 2.45) is 0 Å². The number of ether oxygens (including phenoxy) is 2. The van der Waals surface area contributed by atoms with E-state index in [-0.39, 0.29) is 0 Å². The van der Waals surface area contributed by atoms with Crippen molar-refractivity contribution >= 4 is 0 Å². The Morgan fingerprint density at radius 1 is 1.19 bits per heavy atom. The summed E-state index contributed by atoms with van der Waals surface area (Å²) >= 11 is 0. The van der Waals surface area contributed by atoms with E-state index in [4.69, 9.17) is 9.47 Å². The third-order valence-electron chi connectivity index (χ3n) is 3.45. The first-order chi connectivity index (χ1) is 10.3. The van der Waals surface area contributed by atoms with Gasteiger partial charge in [0.2, 0.25) is 5.88 Å². The van der Waals surface area contributed by atoms with Gasteiger partial charge in [-0.15, -0.1) is 0 Å². The maximum absolute atomic E-state index is 5.81. The van der Waals surface area contributed by atoms with Crippen LogP contribution in [0.4, 0.5) is 0 Å². The first-order valence-electron chi connectivity index (χ1n) is 7.28. The summed E-state index contributed by atoms with van der Waals surface area (Å²) in [6, 6.07) is 14.6. The molecular formula is C17H20N2O2. The SMILES string of the molecule is COc1cccc(COc2cccc(CNC3CC3)c2)n1. The fourth-order valence-electron chi connectivity index (χ4n) is 2.10. The minimum Gasteiger partial charge on any atom is -0.487 e. The lowest BCUT2D eigenvalue weighted by atomic mass is 10.2. The lowest BCUT2D eigenvalue weighted by Gasteiger charge is -2.09. The number of aromatic nitrogens is 1. The average molecular weight is 284 g/mol. The Balaban J connectivity index is 1.57. The maximum Gasteiger partial charge on any atom is 0.213 e. The van der Waals surface area contributed by atoms with Gasteiger partial charge in [0.05, 0.1) is 12.8 Å². The van der Waals surface area contributed by atoms with Gasteiger partial charge in [-0.25, -0.2) is 4.98 Å². The first kappa shape index (κ1) is 13.9. The molecule has 0 saturated heterocycles. The number of nitrogens with one attached hydrogen (secondary N) is 1. The van der Waals surface area contributed by atoms with Crippen molar-refractivity contribution < 1.29 is 9.47 Å². The molecule has 1 aromatic heterocycles. The third-order valence-corrected chi connectivity index (χ3v) is 3.45. The Labute approximate surface area is 125 Å². The van der Waals surface area contributed by atoms with Crippen molar-refractivity contribution in [1.29, 1.82) is 0 Å². The Bertz CT molecular complexity index is 597. The van der Waals surface area contributed by atoms with Crippen LogP contribution >= 0.6 is 0 Å². The molecule has 1 aliphatic carbocycles. The van der Waals surface area contributed by atoms with E-state index in [1.165, 1.54) is 18.4 Å². The third kappa shape index (κ3) is 4.20. The monoisotopic (exact) mass is 284 g/mol. The van der Waals surface area contributed by atoms with Gasteiger partial charge in [-0.3, -0.25) is 0 Å². The summed E-state index contributed by atoms with van der Waals surface area (Å²) in [6.45, 7) is 1.34. The molecule has 110 valence electrons. The molecule has 21 heavy (non-hydrogen) atoms. The minimum absolute atomic E-state index is 0.441. The average Bonchev–Trinajstić information content (AvgIpc) is 3.36. The van der Waals surface area contributed by atoms with Gasteiger partial charge in [-0.1, -0.05) is 18.2 Å². The van der Waals surface area contributed by atoms with E-state index in [0.717, 1.165) is 24.0 Å². The van der Waals surface area contributed by atoms with Crippen molar-refractivity contribution in [2.45, 2.75) is 32.0 Å². The molecule has 1 fully saturated rings. The second-order valence-electron chi connectivity index (χ2n) is 5.26. The molecule has 1 aromatic carbocycles. The number of rotatable bonds is 7. The predicted molar refractivity (Wildman–Crippen MR) is 81.4 cm³/mol. The predicted octanol–water partition coefficient (Wildman–Crippen LogP) is 2.92. The van der Waals surface area contributed by atoms with Crippen LogP contribution in [0.1, 0.15) is 24.1 Å². The van der Waals surface area contributed by atoms with Crippen molar-refractivity contribution in [3.8, 4) is 11.6 Å². The van der Waals surface area contributed by atoms with E-state index in [2.05, 4.69) is 22.4 Å². The van der Waals surface area contributed by atoms with Crippen LogP contribution in [0, 0.1) is 0 Å². The van der Waals surface area contributed by atoms with Crippen molar-refractivity contribution in [2.75, 3.05) is 7.11 Å². The molecule has 2 aromatic rings.